The van der Waals surface area contributed by atoms with Gasteiger partial charge in [-0.2, -0.15) is 0 Å². The van der Waals surface area contributed by atoms with E-state index in [9.17, 15) is 4.79 Å². The Labute approximate surface area is 100 Å². The van der Waals surface area contributed by atoms with Gasteiger partial charge in [0.2, 0.25) is 0 Å². The molecular weight excluding hydrogens is 282 g/mol. The van der Waals surface area contributed by atoms with Gasteiger partial charge in [-0.05, 0) is 28.1 Å². The molecular formula is C9H10BrNO3S. The van der Waals surface area contributed by atoms with Crippen LogP contribution in [0.15, 0.2) is 27.8 Å². The van der Waals surface area contributed by atoms with Gasteiger partial charge in [0.05, 0.1) is 11.6 Å². The molecule has 0 radical (unpaired) electrons. The second kappa shape index (κ2) is 6.09. The summed E-state index contributed by atoms with van der Waals surface area (Å²) in [5, 5.41) is 8.93. The van der Waals surface area contributed by atoms with Gasteiger partial charge < -0.3 is 9.84 Å². The number of carbonyl (C=O) groups is 1. The molecule has 1 heterocycles. The maximum absolute atomic E-state index is 10.8. The van der Waals surface area contributed by atoms with E-state index >= 15 is 0 Å². The topological polar surface area (TPSA) is 59.4 Å². The van der Waals surface area contributed by atoms with Gasteiger partial charge in [-0.1, -0.05) is 11.8 Å². The van der Waals surface area contributed by atoms with Crippen molar-refractivity contribution >= 4 is 33.7 Å². The first-order valence-corrected chi connectivity index (χ1v) is 5.80. The third kappa shape index (κ3) is 4.19. The summed E-state index contributed by atoms with van der Waals surface area (Å²) in [5.74, 6) is -0.897. The number of rotatable bonds is 5. The van der Waals surface area contributed by atoms with E-state index < -0.39 is 11.2 Å². The van der Waals surface area contributed by atoms with Gasteiger partial charge in [0.25, 0.3) is 0 Å². The molecule has 0 aliphatic heterocycles. The number of aliphatic carboxylic acids is 1. The number of hydrogen-bond donors (Lipinski definition) is 1. The summed E-state index contributed by atoms with van der Waals surface area (Å²) >= 11 is 4.43. The Hall–Kier alpha value is -0.590. The molecule has 0 saturated carbocycles. The molecule has 4 nitrogen and oxygen atoms in total. The fourth-order valence-corrected chi connectivity index (χ4v) is 1.98. The highest BCUT2D eigenvalue weighted by Gasteiger charge is 2.19. The highest BCUT2D eigenvalue weighted by atomic mass is 79.9. The van der Waals surface area contributed by atoms with Gasteiger partial charge in [0.15, 0.2) is 0 Å². The van der Waals surface area contributed by atoms with E-state index in [0.717, 1.165) is 4.47 Å². The van der Waals surface area contributed by atoms with Crippen molar-refractivity contribution in [3.63, 3.8) is 0 Å². The summed E-state index contributed by atoms with van der Waals surface area (Å²) in [6.45, 7) is 0.164. The van der Waals surface area contributed by atoms with Crippen LogP contribution in [0.5, 0.6) is 0 Å². The van der Waals surface area contributed by atoms with Crippen LogP contribution in [0.2, 0.25) is 0 Å². The van der Waals surface area contributed by atoms with Crippen LogP contribution in [0.3, 0.4) is 0 Å². The van der Waals surface area contributed by atoms with Crippen LogP contribution in [0.4, 0.5) is 0 Å². The molecule has 1 unspecified atom stereocenters. The number of nitrogens with zero attached hydrogens (tertiary/aromatic N) is 1. The van der Waals surface area contributed by atoms with E-state index in [2.05, 4.69) is 20.9 Å². The van der Waals surface area contributed by atoms with Gasteiger partial charge >= 0.3 is 5.97 Å². The van der Waals surface area contributed by atoms with Crippen molar-refractivity contribution in [3.8, 4) is 0 Å². The van der Waals surface area contributed by atoms with Crippen LogP contribution >= 0.6 is 27.7 Å². The van der Waals surface area contributed by atoms with Crippen molar-refractivity contribution in [2.24, 2.45) is 0 Å². The highest BCUT2D eigenvalue weighted by molar-refractivity contribution is 9.10. The molecule has 0 aromatic carbocycles. The molecule has 82 valence electrons. The van der Waals surface area contributed by atoms with E-state index in [-0.39, 0.29) is 6.61 Å². The smallest absolute Gasteiger partial charge is 0.319 e. The van der Waals surface area contributed by atoms with Crippen LogP contribution in [0.1, 0.15) is 0 Å². The normalized spacial score (nSPS) is 12.4. The lowest BCUT2D eigenvalue weighted by molar-refractivity contribution is -0.137. The summed E-state index contributed by atoms with van der Waals surface area (Å²) in [7, 11) is 1.48. The third-order valence-corrected chi connectivity index (χ3v) is 3.13. The largest absolute Gasteiger partial charge is 0.480 e. The zero-order valence-electron chi connectivity index (χ0n) is 8.01. The summed E-state index contributed by atoms with van der Waals surface area (Å²) in [4.78, 5) is 14.9. The monoisotopic (exact) mass is 291 g/mol. The number of hydrogen-bond acceptors (Lipinski definition) is 4. The predicted molar refractivity (Wildman–Crippen MR) is 61.1 cm³/mol. The number of halogens is 1. The Morgan fingerprint density at radius 2 is 2.47 bits per heavy atom. The molecule has 0 fully saturated rings. The molecule has 1 aromatic heterocycles. The molecule has 0 saturated heterocycles. The van der Waals surface area contributed by atoms with E-state index in [1.54, 1.807) is 12.3 Å². The lowest BCUT2D eigenvalue weighted by atomic mass is 10.4. The average Bonchev–Trinajstić information content (AvgIpc) is 2.20. The van der Waals surface area contributed by atoms with Crippen molar-refractivity contribution < 1.29 is 14.6 Å². The molecule has 1 N–H and O–H groups in total. The van der Waals surface area contributed by atoms with Gasteiger partial charge in [-0.25, -0.2) is 4.98 Å². The van der Waals surface area contributed by atoms with Crippen molar-refractivity contribution in [2.75, 3.05) is 13.7 Å². The first-order valence-electron chi connectivity index (χ1n) is 4.13. The van der Waals surface area contributed by atoms with E-state index in [1.807, 2.05) is 6.07 Å². The fraction of sp³-hybridized carbons (Fsp3) is 0.333. The summed E-state index contributed by atoms with van der Waals surface area (Å²) in [6.07, 6.45) is 1.63. The molecule has 0 amide bonds. The Bertz CT molecular complexity index is 331. The van der Waals surface area contributed by atoms with Crippen LogP contribution in [0.25, 0.3) is 0 Å². The number of pyridine rings is 1. The van der Waals surface area contributed by atoms with Crippen LogP contribution in [-0.4, -0.2) is 35.0 Å². The first kappa shape index (κ1) is 12.5. The van der Waals surface area contributed by atoms with Crippen LogP contribution in [0, 0.1) is 0 Å². The average molecular weight is 292 g/mol. The molecule has 0 aliphatic rings. The standard InChI is InChI=1S/C9H10BrNO3S/c1-14-5-7(9(12)13)15-8-3-2-6(10)4-11-8/h2-4,7H,5H2,1H3,(H,12,13). The van der Waals surface area contributed by atoms with Gasteiger partial charge in [-0.3, -0.25) is 4.79 Å². The highest BCUT2D eigenvalue weighted by Crippen LogP contribution is 2.22. The Balaban J connectivity index is 2.65. The van der Waals surface area contributed by atoms with Gasteiger partial charge in [0, 0.05) is 17.8 Å². The molecule has 6 heteroatoms. The van der Waals surface area contributed by atoms with Crippen molar-refractivity contribution in [2.45, 2.75) is 10.3 Å². The minimum absolute atomic E-state index is 0.164. The van der Waals surface area contributed by atoms with Crippen LogP contribution in [-0.2, 0) is 9.53 Å². The lowest BCUT2D eigenvalue weighted by Crippen LogP contribution is -2.21. The predicted octanol–water partition coefficient (Wildman–Crippen LogP) is 2.04. The zero-order chi connectivity index (χ0) is 11.3. The van der Waals surface area contributed by atoms with Gasteiger partial charge in [-0.15, -0.1) is 0 Å². The number of carboxylic acids is 1. The van der Waals surface area contributed by atoms with Crippen molar-refractivity contribution in [1.82, 2.24) is 4.98 Å². The summed E-state index contributed by atoms with van der Waals surface area (Å²) < 4.78 is 5.69. The number of carboxylic acid groups (broad SMARTS) is 1. The second-order valence-electron chi connectivity index (χ2n) is 2.71. The molecule has 15 heavy (non-hydrogen) atoms. The SMILES string of the molecule is COCC(Sc1ccc(Br)cn1)C(=O)O. The van der Waals surface area contributed by atoms with E-state index in [4.69, 9.17) is 9.84 Å². The molecule has 1 rings (SSSR count). The van der Waals surface area contributed by atoms with Gasteiger partial charge in [0.1, 0.15) is 5.25 Å². The zero-order valence-corrected chi connectivity index (χ0v) is 10.4. The van der Waals surface area contributed by atoms with Crippen LogP contribution < -0.4 is 0 Å². The minimum atomic E-state index is -0.897. The summed E-state index contributed by atoms with van der Waals surface area (Å²) in [5.41, 5.74) is 0. The fourth-order valence-electron chi connectivity index (χ4n) is 0.885. The first-order chi connectivity index (χ1) is 7.13. The molecule has 0 spiro atoms. The number of aromatic nitrogens is 1. The van der Waals surface area contributed by atoms with Crippen molar-refractivity contribution in [3.05, 3.63) is 22.8 Å². The van der Waals surface area contributed by atoms with E-state index in [0.29, 0.717) is 5.03 Å². The molecule has 1 atom stereocenters. The second-order valence-corrected chi connectivity index (χ2v) is 4.85. The third-order valence-electron chi connectivity index (χ3n) is 1.56. The Morgan fingerprint density at radius 3 is 2.93 bits per heavy atom. The molecule has 0 bridgehead atoms. The minimum Gasteiger partial charge on any atom is -0.480 e. The Kier molecular flexibility index (Phi) is 5.07. The summed E-state index contributed by atoms with van der Waals surface area (Å²) in [6, 6.07) is 3.58. The maximum Gasteiger partial charge on any atom is 0.319 e. The lowest BCUT2D eigenvalue weighted by Gasteiger charge is -2.09. The quantitative estimate of drug-likeness (QED) is 0.842. The Morgan fingerprint density at radius 1 is 1.73 bits per heavy atom. The van der Waals surface area contributed by atoms with E-state index in [1.165, 1.54) is 18.9 Å². The van der Waals surface area contributed by atoms with Crippen molar-refractivity contribution in [1.29, 1.82) is 0 Å². The molecule has 1 aromatic rings. The number of ether oxygens (including phenoxy) is 1. The number of methoxy groups -OCH3 is 1. The maximum atomic E-state index is 10.8. The number of thioether (sulfide) groups is 1. The molecule has 0 aliphatic carbocycles.